The third-order valence-corrected chi connectivity index (χ3v) is 6.34. The van der Waals surface area contributed by atoms with Crippen molar-refractivity contribution in [1.29, 1.82) is 0 Å². The van der Waals surface area contributed by atoms with Gasteiger partial charge in [0.2, 0.25) is 11.5 Å². The van der Waals surface area contributed by atoms with Crippen LogP contribution in [0.15, 0.2) is 78.0 Å². The van der Waals surface area contributed by atoms with Crippen molar-refractivity contribution < 1.29 is 14.1 Å². The smallest absolute Gasteiger partial charge is 0.278 e. The first-order chi connectivity index (χ1) is 18.0. The highest BCUT2D eigenvalue weighted by atomic mass is 16.5. The molecule has 0 bridgehead atoms. The quantitative estimate of drug-likeness (QED) is 0.265. The molecule has 0 aliphatic carbocycles. The SMILES string of the molecule is COc1ccc(CCNC(=O)c2cc3c(=O)n4cccc(C)c4nc3[n+](Cc3cccnc3)c2N)cc1. The number of hydrogen-bond donors (Lipinski definition) is 2. The van der Waals surface area contributed by atoms with Gasteiger partial charge < -0.3 is 15.8 Å². The van der Waals surface area contributed by atoms with Gasteiger partial charge in [-0.1, -0.05) is 29.2 Å². The maximum atomic E-state index is 13.5. The predicted octanol–water partition coefficient (Wildman–Crippen LogP) is 2.45. The van der Waals surface area contributed by atoms with Crippen LogP contribution in [0.3, 0.4) is 0 Å². The molecule has 4 heterocycles. The van der Waals surface area contributed by atoms with E-state index in [1.54, 1.807) is 36.3 Å². The Morgan fingerprint density at radius 3 is 2.68 bits per heavy atom. The minimum absolute atomic E-state index is 0.220. The molecule has 0 spiro atoms. The number of methoxy groups -OCH3 is 1. The van der Waals surface area contributed by atoms with Gasteiger partial charge >= 0.3 is 0 Å². The highest BCUT2D eigenvalue weighted by molar-refractivity contribution is 6.00. The van der Waals surface area contributed by atoms with Crippen molar-refractivity contribution in [3.63, 3.8) is 0 Å². The van der Waals surface area contributed by atoms with Gasteiger partial charge in [-0.15, -0.1) is 0 Å². The zero-order chi connectivity index (χ0) is 25.9. The van der Waals surface area contributed by atoms with Crippen LogP contribution in [-0.4, -0.2) is 33.9 Å². The average Bonchev–Trinajstić information content (AvgIpc) is 2.92. The second-order valence-electron chi connectivity index (χ2n) is 8.78. The number of benzene rings is 1. The van der Waals surface area contributed by atoms with Crippen LogP contribution in [0.2, 0.25) is 0 Å². The normalized spacial score (nSPS) is 11.1. The number of hydrogen-bond acceptors (Lipinski definition) is 6. The first-order valence-corrected chi connectivity index (χ1v) is 11.9. The van der Waals surface area contributed by atoms with Crippen LogP contribution in [-0.2, 0) is 13.0 Å². The highest BCUT2D eigenvalue weighted by Gasteiger charge is 2.25. The van der Waals surface area contributed by atoms with E-state index in [1.165, 1.54) is 10.5 Å². The number of carbonyl (C=O) groups is 1. The minimum Gasteiger partial charge on any atom is -0.497 e. The van der Waals surface area contributed by atoms with Crippen molar-refractivity contribution in [1.82, 2.24) is 19.7 Å². The fourth-order valence-corrected chi connectivity index (χ4v) is 4.33. The largest absolute Gasteiger partial charge is 0.497 e. The molecule has 0 saturated heterocycles. The van der Waals surface area contributed by atoms with E-state index in [1.807, 2.05) is 49.4 Å². The number of pyridine rings is 3. The number of carbonyl (C=O) groups excluding carboxylic acids is 1. The number of ether oxygens (including phenoxy) is 1. The summed E-state index contributed by atoms with van der Waals surface area (Å²) >= 11 is 0. The Bertz CT molecular complexity index is 1660. The molecule has 37 heavy (non-hydrogen) atoms. The van der Waals surface area contributed by atoms with E-state index in [0.29, 0.717) is 36.2 Å². The van der Waals surface area contributed by atoms with Crippen molar-refractivity contribution >= 4 is 28.4 Å². The number of amides is 1. The number of anilines is 1. The molecule has 0 aliphatic rings. The second kappa shape index (κ2) is 10.1. The molecule has 0 fully saturated rings. The summed E-state index contributed by atoms with van der Waals surface area (Å²) in [5, 5.41) is 3.24. The van der Waals surface area contributed by atoms with Crippen molar-refractivity contribution in [2.24, 2.45) is 0 Å². The van der Waals surface area contributed by atoms with Crippen molar-refractivity contribution in [2.75, 3.05) is 19.4 Å². The topological polar surface area (TPSA) is 115 Å². The number of nitrogens with zero attached hydrogens (tertiary/aromatic N) is 4. The van der Waals surface area contributed by atoms with Crippen LogP contribution < -0.4 is 25.9 Å². The molecule has 3 N–H and O–H groups in total. The van der Waals surface area contributed by atoms with Gasteiger partial charge in [-0.05, 0) is 49.2 Å². The summed E-state index contributed by atoms with van der Waals surface area (Å²) in [6, 6.07) is 16.6. The van der Waals surface area contributed by atoms with Gasteiger partial charge in [-0.25, -0.2) is 4.57 Å². The maximum Gasteiger partial charge on any atom is 0.278 e. The van der Waals surface area contributed by atoms with E-state index in [0.717, 1.165) is 22.4 Å². The van der Waals surface area contributed by atoms with E-state index >= 15 is 0 Å². The summed E-state index contributed by atoms with van der Waals surface area (Å²) in [4.78, 5) is 35.7. The fraction of sp³-hybridized carbons (Fsp3) is 0.179. The molecule has 5 rings (SSSR count). The number of rotatable bonds is 7. The lowest BCUT2D eigenvalue weighted by Gasteiger charge is -2.13. The Kier molecular flexibility index (Phi) is 6.51. The molecule has 0 atom stereocenters. The summed E-state index contributed by atoms with van der Waals surface area (Å²) in [5.41, 5.74) is 10.2. The van der Waals surface area contributed by atoms with E-state index in [4.69, 9.17) is 15.5 Å². The number of nitrogens with one attached hydrogen (secondary N) is 1. The summed E-state index contributed by atoms with van der Waals surface area (Å²) in [7, 11) is 1.62. The lowest BCUT2D eigenvalue weighted by Crippen LogP contribution is -2.43. The Hall–Kier alpha value is -4.79. The zero-order valence-corrected chi connectivity index (χ0v) is 20.6. The first-order valence-electron chi connectivity index (χ1n) is 11.9. The molecule has 0 radical (unpaired) electrons. The average molecular weight is 496 g/mol. The van der Waals surface area contributed by atoms with Gasteiger partial charge in [0.15, 0.2) is 0 Å². The van der Waals surface area contributed by atoms with Crippen LogP contribution in [0.4, 0.5) is 5.82 Å². The molecule has 186 valence electrons. The zero-order valence-electron chi connectivity index (χ0n) is 20.6. The molecule has 0 saturated carbocycles. The number of nitrogens with two attached hydrogens (primary N) is 1. The second-order valence-corrected chi connectivity index (χ2v) is 8.78. The standard InChI is InChI=1S/C28H26N6O3/c1-18-5-4-14-33-25(18)32-26-23(28(33)36)15-22(24(29)34(26)17-20-6-3-12-30-16-20)27(35)31-13-11-19-7-9-21(37-2)10-8-19/h3-10,12,14-16,29H,11,13,17H2,1-2H3,(H,31,35)/p+1. The molecule has 9 heteroatoms. The Balaban J connectivity index is 1.55. The fourth-order valence-electron chi connectivity index (χ4n) is 4.33. The molecule has 4 aromatic heterocycles. The van der Waals surface area contributed by atoms with E-state index in [-0.39, 0.29) is 22.8 Å². The van der Waals surface area contributed by atoms with Crippen molar-refractivity contribution in [3.05, 3.63) is 106 Å². The Morgan fingerprint density at radius 1 is 1.14 bits per heavy atom. The van der Waals surface area contributed by atoms with Gasteiger partial charge in [0.05, 0.1) is 13.7 Å². The van der Waals surface area contributed by atoms with Crippen LogP contribution in [0.5, 0.6) is 5.75 Å². The molecular formula is C28H27N6O3+. The molecule has 0 aliphatic heterocycles. The lowest BCUT2D eigenvalue weighted by atomic mass is 10.1. The summed E-state index contributed by atoms with van der Waals surface area (Å²) in [6.07, 6.45) is 5.71. The van der Waals surface area contributed by atoms with E-state index < -0.39 is 0 Å². The summed E-state index contributed by atoms with van der Waals surface area (Å²) in [6.45, 7) is 2.60. The van der Waals surface area contributed by atoms with Crippen LogP contribution in [0.1, 0.15) is 27.0 Å². The van der Waals surface area contributed by atoms with E-state index in [9.17, 15) is 9.59 Å². The molecular weight excluding hydrogens is 468 g/mol. The Labute approximate surface area is 213 Å². The first kappa shape index (κ1) is 23.9. The molecule has 9 nitrogen and oxygen atoms in total. The molecule has 5 aromatic rings. The van der Waals surface area contributed by atoms with Gasteiger partial charge in [0, 0.05) is 36.3 Å². The molecule has 1 amide bonds. The van der Waals surface area contributed by atoms with Gasteiger partial charge in [-0.3, -0.25) is 19.0 Å². The van der Waals surface area contributed by atoms with Gasteiger partial charge in [0.25, 0.3) is 17.1 Å². The van der Waals surface area contributed by atoms with Crippen molar-refractivity contribution in [3.8, 4) is 5.75 Å². The van der Waals surface area contributed by atoms with Crippen LogP contribution in [0.25, 0.3) is 16.7 Å². The summed E-state index contributed by atoms with van der Waals surface area (Å²) < 4.78 is 8.39. The lowest BCUT2D eigenvalue weighted by molar-refractivity contribution is -0.649. The third kappa shape index (κ3) is 4.71. The Morgan fingerprint density at radius 2 is 1.95 bits per heavy atom. The van der Waals surface area contributed by atoms with Crippen LogP contribution >= 0.6 is 0 Å². The number of aromatic nitrogens is 4. The van der Waals surface area contributed by atoms with Crippen LogP contribution in [0, 0.1) is 6.92 Å². The van der Waals surface area contributed by atoms with Gasteiger partial charge in [0.1, 0.15) is 16.7 Å². The maximum absolute atomic E-state index is 13.5. The predicted molar refractivity (Wildman–Crippen MR) is 141 cm³/mol. The minimum atomic E-state index is -0.360. The molecule has 1 aromatic carbocycles. The third-order valence-electron chi connectivity index (χ3n) is 6.34. The number of fused-ring (bicyclic) bond motifs is 2. The molecule has 0 unspecified atom stereocenters. The van der Waals surface area contributed by atoms with Crippen molar-refractivity contribution in [2.45, 2.75) is 19.9 Å². The monoisotopic (exact) mass is 495 g/mol. The number of nitrogen functional groups attached to an aromatic ring is 1. The van der Waals surface area contributed by atoms with Gasteiger partial charge in [-0.2, -0.15) is 0 Å². The number of aryl methyl sites for hydroxylation is 1. The summed E-state index contributed by atoms with van der Waals surface area (Å²) in [5.74, 6) is 0.641. The van der Waals surface area contributed by atoms with E-state index in [2.05, 4.69) is 10.3 Å². The highest BCUT2D eigenvalue weighted by Crippen LogP contribution is 2.17.